The van der Waals surface area contributed by atoms with Gasteiger partial charge in [0, 0.05) is 18.5 Å². The van der Waals surface area contributed by atoms with Gasteiger partial charge in [0.15, 0.2) is 0 Å². The van der Waals surface area contributed by atoms with Crippen molar-refractivity contribution in [3.05, 3.63) is 26.6 Å². The van der Waals surface area contributed by atoms with Gasteiger partial charge in [-0.3, -0.25) is 4.79 Å². The highest BCUT2D eigenvalue weighted by Crippen LogP contribution is 2.25. The Morgan fingerprint density at radius 2 is 2.22 bits per heavy atom. The van der Waals surface area contributed by atoms with Crippen LogP contribution in [0, 0.1) is 13.8 Å². The third-order valence-electron chi connectivity index (χ3n) is 2.86. The van der Waals surface area contributed by atoms with Crippen molar-refractivity contribution in [3.63, 3.8) is 0 Å². The number of hydrogen-bond acceptors (Lipinski definition) is 5. The second-order valence-corrected chi connectivity index (χ2v) is 5.35. The van der Waals surface area contributed by atoms with Crippen LogP contribution in [0.25, 0.3) is 10.2 Å². The molecule has 2 aromatic heterocycles. The number of nitrogens with zero attached hydrogens (tertiary/aromatic N) is 1. The van der Waals surface area contributed by atoms with Crippen molar-refractivity contribution in [2.24, 2.45) is 0 Å². The fourth-order valence-electron chi connectivity index (χ4n) is 1.76. The zero-order valence-corrected chi connectivity index (χ0v) is 11.6. The van der Waals surface area contributed by atoms with E-state index in [0.29, 0.717) is 19.0 Å². The molecule has 0 aliphatic rings. The van der Waals surface area contributed by atoms with Crippen LogP contribution in [-0.4, -0.2) is 30.2 Å². The first-order valence-electron chi connectivity index (χ1n) is 5.82. The number of hydrogen-bond donors (Lipinski definition) is 2. The second-order valence-electron chi connectivity index (χ2n) is 4.15. The van der Waals surface area contributed by atoms with Crippen molar-refractivity contribution < 1.29 is 4.74 Å². The molecule has 0 aromatic carbocycles. The van der Waals surface area contributed by atoms with Crippen molar-refractivity contribution in [2.75, 3.05) is 20.3 Å². The maximum Gasteiger partial charge on any atom is 0.259 e. The van der Waals surface area contributed by atoms with E-state index >= 15 is 0 Å². The molecule has 2 aromatic rings. The van der Waals surface area contributed by atoms with Crippen LogP contribution < -0.4 is 10.9 Å². The zero-order valence-electron chi connectivity index (χ0n) is 10.8. The van der Waals surface area contributed by atoms with Crippen LogP contribution in [0.4, 0.5) is 0 Å². The Hall–Kier alpha value is -1.24. The van der Waals surface area contributed by atoms with E-state index in [0.717, 1.165) is 27.2 Å². The lowest BCUT2D eigenvalue weighted by atomic mass is 10.2. The van der Waals surface area contributed by atoms with Crippen molar-refractivity contribution in [1.82, 2.24) is 15.3 Å². The van der Waals surface area contributed by atoms with Gasteiger partial charge in [-0.15, -0.1) is 11.3 Å². The van der Waals surface area contributed by atoms with Crippen LogP contribution >= 0.6 is 11.3 Å². The maximum absolute atomic E-state index is 12.0. The summed E-state index contributed by atoms with van der Waals surface area (Å²) < 4.78 is 4.94. The first-order chi connectivity index (χ1) is 8.63. The molecule has 0 amide bonds. The largest absolute Gasteiger partial charge is 0.383 e. The van der Waals surface area contributed by atoms with Crippen LogP contribution in [0.3, 0.4) is 0 Å². The first-order valence-corrected chi connectivity index (χ1v) is 6.63. The third-order valence-corrected chi connectivity index (χ3v) is 3.96. The van der Waals surface area contributed by atoms with Gasteiger partial charge in [-0.25, -0.2) is 4.98 Å². The summed E-state index contributed by atoms with van der Waals surface area (Å²) >= 11 is 1.57. The number of nitrogens with one attached hydrogen (secondary N) is 2. The lowest BCUT2D eigenvalue weighted by molar-refractivity contribution is 0.199. The number of aromatic nitrogens is 2. The molecule has 6 heteroatoms. The fraction of sp³-hybridized carbons (Fsp3) is 0.500. The summed E-state index contributed by atoms with van der Waals surface area (Å²) in [5.74, 6) is 0.671. The Morgan fingerprint density at radius 1 is 1.44 bits per heavy atom. The predicted molar refractivity (Wildman–Crippen MR) is 73.3 cm³/mol. The molecule has 5 nitrogen and oxygen atoms in total. The summed E-state index contributed by atoms with van der Waals surface area (Å²) in [6.45, 7) is 5.90. The Balaban J connectivity index is 2.24. The Morgan fingerprint density at radius 3 is 2.94 bits per heavy atom. The number of rotatable bonds is 5. The van der Waals surface area contributed by atoms with E-state index in [2.05, 4.69) is 15.3 Å². The molecular weight excluding hydrogens is 250 g/mol. The fourth-order valence-corrected chi connectivity index (χ4v) is 2.81. The molecule has 98 valence electrons. The standard InChI is InChI=1S/C12H17N3O2S/c1-7-8(2)18-12-10(7)11(16)14-9(15-12)6-13-4-5-17-3/h13H,4-6H2,1-3H3,(H,14,15,16). The molecule has 0 bridgehead atoms. The van der Waals surface area contributed by atoms with Crippen LogP contribution in [0.2, 0.25) is 0 Å². The minimum Gasteiger partial charge on any atom is -0.383 e. The van der Waals surface area contributed by atoms with Crippen LogP contribution in [0.5, 0.6) is 0 Å². The molecule has 0 radical (unpaired) electrons. The molecule has 2 heterocycles. The Kier molecular flexibility index (Phi) is 4.11. The Labute approximate surface area is 109 Å². The van der Waals surface area contributed by atoms with E-state index in [1.54, 1.807) is 18.4 Å². The monoisotopic (exact) mass is 267 g/mol. The molecular formula is C12H17N3O2S. The quantitative estimate of drug-likeness (QED) is 0.802. The van der Waals surface area contributed by atoms with Crippen molar-refractivity contribution in [1.29, 1.82) is 0 Å². The van der Waals surface area contributed by atoms with E-state index in [1.807, 2.05) is 13.8 Å². The molecule has 2 rings (SSSR count). The van der Waals surface area contributed by atoms with E-state index < -0.39 is 0 Å². The zero-order chi connectivity index (χ0) is 13.1. The summed E-state index contributed by atoms with van der Waals surface area (Å²) in [5.41, 5.74) is 0.980. The summed E-state index contributed by atoms with van der Waals surface area (Å²) in [5, 5.41) is 3.88. The normalized spacial score (nSPS) is 11.3. The van der Waals surface area contributed by atoms with Gasteiger partial charge in [0.05, 0.1) is 18.5 Å². The molecule has 0 spiro atoms. The van der Waals surface area contributed by atoms with E-state index in [1.165, 1.54) is 0 Å². The average molecular weight is 267 g/mol. The number of thiophene rings is 1. The highest BCUT2D eigenvalue weighted by molar-refractivity contribution is 7.18. The summed E-state index contributed by atoms with van der Waals surface area (Å²) in [7, 11) is 1.66. The lowest BCUT2D eigenvalue weighted by Crippen LogP contribution is -2.22. The number of methoxy groups -OCH3 is 1. The van der Waals surface area contributed by atoms with Gasteiger partial charge in [0.2, 0.25) is 0 Å². The number of aromatic amines is 1. The highest BCUT2D eigenvalue weighted by Gasteiger charge is 2.11. The minimum atomic E-state index is -0.0506. The molecule has 0 fully saturated rings. The second kappa shape index (κ2) is 5.60. The molecule has 0 aliphatic carbocycles. The molecule has 2 N–H and O–H groups in total. The summed E-state index contributed by atoms with van der Waals surface area (Å²) in [6.07, 6.45) is 0. The summed E-state index contributed by atoms with van der Waals surface area (Å²) in [4.78, 5) is 21.2. The average Bonchev–Trinajstić information content (AvgIpc) is 2.61. The number of ether oxygens (including phenoxy) is 1. The molecule has 0 saturated heterocycles. The van der Waals surface area contributed by atoms with Crippen molar-refractivity contribution in [2.45, 2.75) is 20.4 Å². The number of fused-ring (bicyclic) bond motifs is 1. The molecule has 0 aliphatic heterocycles. The van der Waals surface area contributed by atoms with Crippen LogP contribution in [0.15, 0.2) is 4.79 Å². The molecule has 18 heavy (non-hydrogen) atoms. The van der Waals surface area contributed by atoms with Gasteiger partial charge in [-0.1, -0.05) is 0 Å². The van der Waals surface area contributed by atoms with E-state index in [-0.39, 0.29) is 5.56 Å². The molecule has 0 unspecified atom stereocenters. The number of H-pyrrole nitrogens is 1. The van der Waals surface area contributed by atoms with Crippen molar-refractivity contribution >= 4 is 21.6 Å². The van der Waals surface area contributed by atoms with E-state index in [9.17, 15) is 4.79 Å². The van der Waals surface area contributed by atoms with Crippen LogP contribution in [0.1, 0.15) is 16.3 Å². The topological polar surface area (TPSA) is 67.0 Å². The Bertz CT molecular complexity index is 603. The van der Waals surface area contributed by atoms with Crippen LogP contribution in [-0.2, 0) is 11.3 Å². The predicted octanol–water partition coefficient (Wildman–Crippen LogP) is 1.34. The minimum absolute atomic E-state index is 0.0506. The van der Waals surface area contributed by atoms with Crippen molar-refractivity contribution in [3.8, 4) is 0 Å². The maximum atomic E-state index is 12.0. The first kappa shape index (κ1) is 13.2. The van der Waals surface area contributed by atoms with Gasteiger partial charge in [0.1, 0.15) is 10.7 Å². The van der Waals surface area contributed by atoms with Gasteiger partial charge in [0.25, 0.3) is 5.56 Å². The molecule has 0 atom stereocenters. The lowest BCUT2D eigenvalue weighted by Gasteiger charge is -2.03. The van der Waals surface area contributed by atoms with Gasteiger partial charge >= 0.3 is 0 Å². The van der Waals surface area contributed by atoms with E-state index in [4.69, 9.17) is 4.74 Å². The van der Waals surface area contributed by atoms with Gasteiger partial charge < -0.3 is 15.0 Å². The molecule has 0 saturated carbocycles. The number of aryl methyl sites for hydroxylation is 2. The third kappa shape index (κ3) is 2.60. The highest BCUT2D eigenvalue weighted by atomic mass is 32.1. The SMILES string of the molecule is COCCNCc1nc2sc(C)c(C)c2c(=O)[nH]1. The van der Waals surface area contributed by atoms with Gasteiger partial charge in [-0.2, -0.15) is 0 Å². The summed E-state index contributed by atoms with van der Waals surface area (Å²) in [6, 6.07) is 0. The smallest absolute Gasteiger partial charge is 0.259 e. The van der Waals surface area contributed by atoms with Gasteiger partial charge in [-0.05, 0) is 19.4 Å².